The molecule has 8 heteroatoms. The molecule has 0 radical (unpaired) electrons. The van der Waals surface area contributed by atoms with Crippen molar-refractivity contribution in [2.75, 3.05) is 13.1 Å². The van der Waals surface area contributed by atoms with Crippen molar-refractivity contribution in [3.63, 3.8) is 0 Å². The lowest BCUT2D eigenvalue weighted by molar-refractivity contribution is -0.122. The number of aromatic nitrogens is 2. The van der Waals surface area contributed by atoms with Crippen LogP contribution in [-0.2, 0) is 29.0 Å². The Labute approximate surface area is 214 Å². The van der Waals surface area contributed by atoms with Crippen molar-refractivity contribution in [2.24, 2.45) is 0 Å². The van der Waals surface area contributed by atoms with Crippen LogP contribution in [0.5, 0.6) is 0 Å². The molecule has 1 heterocycles. The molecule has 1 aromatic heterocycles. The van der Waals surface area contributed by atoms with E-state index < -0.39 is 11.2 Å². The number of hydrogen-bond acceptors (Lipinski definition) is 4. The Morgan fingerprint density at radius 1 is 0.757 bits per heavy atom. The van der Waals surface area contributed by atoms with Gasteiger partial charge in [-0.15, -0.1) is 0 Å². The van der Waals surface area contributed by atoms with Crippen LogP contribution in [0.2, 0.25) is 0 Å². The summed E-state index contributed by atoms with van der Waals surface area (Å²) in [4.78, 5) is 51.6. The first-order chi connectivity index (χ1) is 18.0. The predicted octanol–water partition coefficient (Wildman–Crippen LogP) is 2.58. The summed E-state index contributed by atoms with van der Waals surface area (Å²) in [6.07, 6.45) is 1.73. The molecule has 0 spiro atoms. The van der Waals surface area contributed by atoms with Gasteiger partial charge >= 0.3 is 5.69 Å². The van der Waals surface area contributed by atoms with Crippen LogP contribution >= 0.6 is 0 Å². The Balaban J connectivity index is 1.59. The van der Waals surface area contributed by atoms with Gasteiger partial charge in [0.05, 0.1) is 23.0 Å². The van der Waals surface area contributed by atoms with E-state index in [9.17, 15) is 19.2 Å². The van der Waals surface area contributed by atoms with Gasteiger partial charge in [0, 0.05) is 13.1 Å². The van der Waals surface area contributed by atoms with Crippen molar-refractivity contribution in [3.05, 3.63) is 111 Å². The van der Waals surface area contributed by atoms with Crippen LogP contribution in [0.15, 0.2) is 88.5 Å². The maximum absolute atomic E-state index is 13.5. The Hall–Kier alpha value is -4.46. The zero-order valence-electron chi connectivity index (χ0n) is 20.8. The van der Waals surface area contributed by atoms with Gasteiger partial charge in [-0.2, -0.15) is 0 Å². The summed E-state index contributed by atoms with van der Waals surface area (Å²) in [7, 11) is 0. The second-order valence-corrected chi connectivity index (χ2v) is 8.81. The SMILES string of the molecule is CCCNC(=O)Cc1ccc(-n2c(=O)c3ccccc3n(CC(=O)NCCc3ccccc3)c2=O)cc1. The zero-order chi connectivity index (χ0) is 26.2. The first kappa shape index (κ1) is 25.6. The molecule has 8 nitrogen and oxygen atoms in total. The molecule has 0 aliphatic rings. The number of carbonyl (C=O) groups is 2. The lowest BCUT2D eigenvalue weighted by Gasteiger charge is -2.14. The maximum Gasteiger partial charge on any atom is 0.336 e. The van der Waals surface area contributed by atoms with Crippen molar-refractivity contribution in [1.82, 2.24) is 19.8 Å². The molecule has 0 atom stereocenters. The van der Waals surface area contributed by atoms with E-state index in [2.05, 4.69) is 10.6 Å². The highest BCUT2D eigenvalue weighted by atomic mass is 16.2. The molecule has 0 aliphatic carbocycles. The standard InChI is InChI=1S/C29H30N4O4/c1-2-17-30-26(34)19-22-12-14-23(15-13-22)33-28(36)24-10-6-7-11-25(24)32(29(33)37)20-27(35)31-18-16-21-8-4-3-5-9-21/h3-15H,2,16-20H2,1H3,(H,30,34)(H,31,35). The third-order valence-corrected chi connectivity index (χ3v) is 6.06. The average molecular weight is 499 g/mol. The number of benzene rings is 3. The number of hydrogen-bond donors (Lipinski definition) is 2. The second-order valence-electron chi connectivity index (χ2n) is 8.81. The van der Waals surface area contributed by atoms with Crippen molar-refractivity contribution in [1.29, 1.82) is 0 Å². The first-order valence-corrected chi connectivity index (χ1v) is 12.4. The molecule has 0 aliphatic heterocycles. The van der Waals surface area contributed by atoms with Gasteiger partial charge in [0.25, 0.3) is 5.56 Å². The number of fused-ring (bicyclic) bond motifs is 1. The van der Waals surface area contributed by atoms with Gasteiger partial charge in [0.1, 0.15) is 6.54 Å². The molecule has 0 saturated heterocycles. The smallest absolute Gasteiger partial charge is 0.336 e. The zero-order valence-corrected chi connectivity index (χ0v) is 20.8. The summed E-state index contributed by atoms with van der Waals surface area (Å²) in [6, 6.07) is 23.3. The molecule has 37 heavy (non-hydrogen) atoms. The van der Waals surface area contributed by atoms with Gasteiger partial charge in [0.2, 0.25) is 11.8 Å². The number of nitrogens with zero attached hydrogens (tertiary/aromatic N) is 2. The van der Waals surface area contributed by atoms with Gasteiger partial charge in [-0.1, -0.05) is 61.5 Å². The van der Waals surface area contributed by atoms with Crippen molar-refractivity contribution in [2.45, 2.75) is 32.7 Å². The summed E-state index contributed by atoms with van der Waals surface area (Å²) in [5.41, 5.74) is 1.58. The Bertz CT molecular complexity index is 1510. The minimum Gasteiger partial charge on any atom is -0.356 e. The van der Waals surface area contributed by atoms with Gasteiger partial charge in [-0.3, -0.25) is 19.0 Å². The topological polar surface area (TPSA) is 102 Å². The van der Waals surface area contributed by atoms with Crippen molar-refractivity contribution < 1.29 is 9.59 Å². The van der Waals surface area contributed by atoms with Crippen LogP contribution in [-0.4, -0.2) is 34.0 Å². The first-order valence-electron chi connectivity index (χ1n) is 12.4. The molecular weight excluding hydrogens is 468 g/mol. The van der Waals surface area contributed by atoms with Crippen LogP contribution < -0.4 is 21.9 Å². The monoisotopic (exact) mass is 498 g/mol. The van der Waals surface area contributed by atoms with Gasteiger partial charge in [-0.25, -0.2) is 9.36 Å². The largest absolute Gasteiger partial charge is 0.356 e. The quantitative estimate of drug-likeness (QED) is 0.351. The lowest BCUT2D eigenvalue weighted by Crippen LogP contribution is -2.42. The molecule has 3 aromatic carbocycles. The van der Waals surface area contributed by atoms with Crippen LogP contribution in [0.3, 0.4) is 0 Å². The fourth-order valence-corrected chi connectivity index (χ4v) is 4.17. The lowest BCUT2D eigenvalue weighted by atomic mass is 10.1. The van der Waals surface area contributed by atoms with E-state index in [-0.39, 0.29) is 24.8 Å². The molecule has 0 bridgehead atoms. The van der Waals surface area contributed by atoms with Crippen LogP contribution in [0.4, 0.5) is 0 Å². The maximum atomic E-state index is 13.5. The van der Waals surface area contributed by atoms with E-state index in [0.717, 1.165) is 22.1 Å². The van der Waals surface area contributed by atoms with Crippen molar-refractivity contribution in [3.8, 4) is 5.69 Å². The normalized spacial score (nSPS) is 10.8. The van der Waals surface area contributed by atoms with E-state index in [4.69, 9.17) is 0 Å². The Kier molecular flexibility index (Phi) is 8.30. The summed E-state index contributed by atoms with van der Waals surface area (Å²) < 4.78 is 2.39. The van der Waals surface area contributed by atoms with Gasteiger partial charge in [0.15, 0.2) is 0 Å². The highest BCUT2D eigenvalue weighted by molar-refractivity contribution is 5.82. The molecule has 0 saturated carbocycles. The third-order valence-electron chi connectivity index (χ3n) is 6.06. The van der Waals surface area contributed by atoms with Crippen LogP contribution in [0.25, 0.3) is 16.6 Å². The minimum atomic E-state index is -0.602. The third kappa shape index (κ3) is 6.22. The fourth-order valence-electron chi connectivity index (χ4n) is 4.17. The summed E-state index contributed by atoms with van der Waals surface area (Å²) in [5, 5.41) is 6.03. The molecule has 2 amide bonds. The summed E-state index contributed by atoms with van der Waals surface area (Å²) in [6.45, 7) is 2.81. The van der Waals surface area contributed by atoms with Gasteiger partial charge < -0.3 is 10.6 Å². The number of amides is 2. The molecule has 2 N–H and O–H groups in total. The highest BCUT2D eigenvalue weighted by Crippen LogP contribution is 2.12. The average Bonchev–Trinajstić information content (AvgIpc) is 2.91. The molecule has 0 unspecified atom stereocenters. The van der Waals surface area contributed by atoms with E-state index in [0.29, 0.717) is 36.1 Å². The molecular formula is C29H30N4O4. The molecule has 4 aromatic rings. The summed E-state index contributed by atoms with van der Waals surface area (Å²) >= 11 is 0. The van der Waals surface area contributed by atoms with E-state index in [1.165, 1.54) is 4.57 Å². The number of para-hydroxylation sites is 1. The van der Waals surface area contributed by atoms with Crippen LogP contribution in [0.1, 0.15) is 24.5 Å². The second kappa shape index (κ2) is 12.0. The van der Waals surface area contributed by atoms with Gasteiger partial charge in [-0.05, 0) is 48.2 Å². The Morgan fingerprint density at radius 2 is 1.43 bits per heavy atom. The minimum absolute atomic E-state index is 0.0851. The van der Waals surface area contributed by atoms with E-state index in [1.54, 1.807) is 48.5 Å². The number of nitrogens with one attached hydrogen (secondary N) is 2. The molecule has 190 valence electrons. The van der Waals surface area contributed by atoms with Crippen LogP contribution in [0, 0.1) is 0 Å². The summed E-state index contributed by atoms with van der Waals surface area (Å²) in [5.74, 6) is -0.403. The molecule has 4 rings (SSSR count). The Morgan fingerprint density at radius 3 is 2.16 bits per heavy atom. The van der Waals surface area contributed by atoms with Crippen molar-refractivity contribution >= 4 is 22.7 Å². The van der Waals surface area contributed by atoms with E-state index >= 15 is 0 Å². The fraction of sp³-hybridized carbons (Fsp3) is 0.241. The highest BCUT2D eigenvalue weighted by Gasteiger charge is 2.16. The predicted molar refractivity (Wildman–Crippen MR) is 144 cm³/mol. The van der Waals surface area contributed by atoms with E-state index in [1.807, 2.05) is 37.3 Å². The molecule has 0 fully saturated rings. The number of carbonyl (C=O) groups excluding carboxylic acids is 2. The number of rotatable bonds is 10.